The molecular weight excluding hydrogens is 224 g/mol. The van der Waals surface area contributed by atoms with Crippen LogP contribution in [0.3, 0.4) is 0 Å². The van der Waals surface area contributed by atoms with Gasteiger partial charge in [0, 0.05) is 12.8 Å². The van der Waals surface area contributed by atoms with Gasteiger partial charge < -0.3 is 5.11 Å². The highest BCUT2D eigenvalue weighted by atomic mass is 16.3. The molecule has 2 atom stereocenters. The van der Waals surface area contributed by atoms with Gasteiger partial charge in [-0.3, -0.25) is 9.89 Å². The van der Waals surface area contributed by atoms with Gasteiger partial charge in [0.25, 0.3) is 0 Å². The van der Waals surface area contributed by atoms with Gasteiger partial charge in [-0.15, -0.1) is 0 Å². The van der Waals surface area contributed by atoms with Crippen molar-refractivity contribution >= 4 is 6.21 Å². The standard InChI is InChI=1S/C15H28N2O/c1-3-4-5-6-7-8-9-10-11-15-16-12-13-17(15)14(2)18/h3-4,12,14-15,18H,5-11,13H2,1-2H3/b4-3+. The van der Waals surface area contributed by atoms with Gasteiger partial charge in [0.05, 0.1) is 0 Å². The Bertz CT molecular complexity index is 261. The Balaban J connectivity index is 1.99. The quantitative estimate of drug-likeness (QED) is 0.504. The van der Waals surface area contributed by atoms with Crippen molar-refractivity contribution in [1.82, 2.24) is 4.90 Å². The molecule has 3 nitrogen and oxygen atoms in total. The van der Waals surface area contributed by atoms with Crippen molar-refractivity contribution in [2.75, 3.05) is 6.54 Å². The average Bonchev–Trinajstić information content (AvgIpc) is 2.81. The van der Waals surface area contributed by atoms with Crippen molar-refractivity contribution in [3.63, 3.8) is 0 Å². The number of hydrogen-bond donors (Lipinski definition) is 1. The summed E-state index contributed by atoms with van der Waals surface area (Å²) in [5, 5.41) is 9.59. The minimum atomic E-state index is -0.377. The molecule has 0 aromatic carbocycles. The zero-order chi connectivity index (χ0) is 13.2. The molecule has 0 aromatic heterocycles. The highest BCUT2D eigenvalue weighted by Crippen LogP contribution is 2.17. The first-order valence-corrected chi connectivity index (χ1v) is 7.32. The van der Waals surface area contributed by atoms with Crippen molar-refractivity contribution in [2.45, 2.75) is 71.2 Å². The molecule has 1 N–H and O–H groups in total. The fraction of sp³-hybridized carbons (Fsp3) is 0.800. The molecule has 1 rings (SSSR count). The molecule has 0 spiro atoms. The minimum absolute atomic E-state index is 0.216. The summed E-state index contributed by atoms with van der Waals surface area (Å²) in [4.78, 5) is 6.48. The van der Waals surface area contributed by atoms with Gasteiger partial charge >= 0.3 is 0 Å². The fourth-order valence-electron chi connectivity index (χ4n) is 2.40. The number of allylic oxidation sites excluding steroid dienone is 2. The number of aliphatic hydroxyl groups excluding tert-OH is 1. The average molecular weight is 252 g/mol. The highest BCUT2D eigenvalue weighted by molar-refractivity contribution is 5.62. The summed E-state index contributed by atoms with van der Waals surface area (Å²) < 4.78 is 0. The summed E-state index contributed by atoms with van der Waals surface area (Å²) in [5.74, 6) is 0. The first-order chi connectivity index (χ1) is 8.75. The molecule has 2 unspecified atom stereocenters. The third kappa shape index (κ3) is 5.78. The highest BCUT2D eigenvalue weighted by Gasteiger charge is 2.23. The molecule has 0 saturated carbocycles. The Morgan fingerprint density at radius 1 is 1.33 bits per heavy atom. The van der Waals surface area contributed by atoms with Gasteiger partial charge in [0.2, 0.25) is 0 Å². The van der Waals surface area contributed by atoms with E-state index in [0.29, 0.717) is 0 Å². The lowest BCUT2D eigenvalue weighted by Crippen LogP contribution is -2.37. The number of aliphatic hydroxyl groups is 1. The molecule has 18 heavy (non-hydrogen) atoms. The van der Waals surface area contributed by atoms with Crippen LogP contribution in [0.1, 0.15) is 58.8 Å². The summed E-state index contributed by atoms with van der Waals surface area (Å²) >= 11 is 0. The Kier molecular flexibility index (Phi) is 7.94. The lowest BCUT2D eigenvalue weighted by atomic mass is 10.1. The number of hydrogen-bond acceptors (Lipinski definition) is 3. The normalized spacial score (nSPS) is 22.1. The maximum absolute atomic E-state index is 9.59. The van der Waals surface area contributed by atoms with E-state index in [2.05, 4.69) is 24.1 Å². The second kappa shape index (κ2) is 9.29. The van der Waals surface area contributed by atoms with E-state index in [4.69, 9.17) is 0 Å². The van der Waals surface area contributed by atoms with E-state index in [1.807, 2.05) is 18.0 Å². The van der Waals surface area contributed by atoms with Crippen LogP contribution in [0.25, 0.3) is 0 Å². The lowest BCUT2D eigenvalue weighted by molar-refractivity contribution is 0.00710. The van der Waals surface area contributed by atoms with E-state index in [0.717, 1.165) is 13.0 Å². The van der Waals surface area contributed by atoms with Crippen LogP contribution in [0.5, 0.6) is 0 Å². The molecule has 0 saturated heterocycles. The molecule has 0 aromatic rings. The van der Waals surface area contributed by atoms with E-state index >= 15 is 0 Å². The Hall–Kier alpha value is -0.670. The predicted octanol–water partition coefficient (Wildman–Crippen LogP) is 3.34. The second-order valence-electron chi connectivity index (χ2n) is 5.06. The summed E-state index contributed by atoms with van der Waals surface area (Å²) in [6.45, 7) is 4.70. The van der Waals surface area contributed by atoms with Gasteiger partial charge in [-0.25, -0.2) is 0 Å². The molecule has 1 aliphatic heterocycles. The van der Waals surface area contributed by atoms with E-state index in [1.165, 1.54) is 38.5 Å². The van der Waals surface area contributed by atoms with Crippen LogP contribution in [0.4, 0.5) is 0 Å². The van der Waals surface area contributed by atoms with Crippen LogP contribution in [0.15, 0.2) is 17.1 Å². The maximum Gasteiger partial charge on any atom is 0.106 e. The Morgan fingerprint density at radius 2 is 2.06 bits per heavy atom. The lowest BCUT2D eigenvalue weighted by Gasteiger charge is -2.25. The zero-order valence-corrected chi connectivity index (χ0v) is 11.9. The van der Waals surface area contributed by atoms with Gasteiger partial charge in [0.1, 0.15) is 12.4 Å². The van der Waals surface area contributed by atoms with Gasteiger partial charge in [-0.1, -0.05) is 31.4 Å². The first-order valence-electron chi connectivity index (χ1n) is 7.32. The number of unbranched alkanes of at least 4 members (excludes halogenated alkanes) is 5. The van der Waals surface area contributed by atoms with Crippen LogP contribution in [-0.2, 0) is 0 Å². The second-order valence-corrected chi connectivity index (χ2v) is 5.06. The summed E-state index contributed by atoms with van der Waals surface area (Å²) in [6.07, 6.45) is 14.9. The molecule has 0 radical (unpaired) electrons. The molecule has 1 aliphatic rings. The van der Waals surface area contributed by atoms with Crippen molar-refractivity contribution in [2.24, 2.45) is 4.99 Å². The van der Waals surface area contributed by atoms with E-state index in [-0.39, 0.29) is 12.4 Å². The van der Waals surface area contributed by atoms with Gasteiger partial charge in [0.15, 0.2) is 0 Å². The Labute approximate surface area is 112 Å². The topological polar surface area (TPSA) is 35.8 Å². The number of rotatable bonds is 9. The van der Waals surface area contributed by atoms with Crippen LogP contribution >= 0.6 is 0 Å². The molecule has 0 aliphatic carbocycles. The molecule has 0 bridgehead atoms. The van der Waals surface area contributed by atoms with Crippen LogP contribution < -0.4 is 0 Å². The SMILES string of the molecule is C/C=C/CCCCCCCC1N=CCN1C(C)O. The Morgan fingerprint density at radius 3 is 2.78 bits per heavy atom. The summed E-state index contributed by atoms with van der Waals surface area (Å²) in [5.41, 5.74) is 0. The zero-order valence-electron chi connectivity index (χ0n) is 11.9. The maximum atomic E-state index is 9.59. The van der Waals surface area contributed by atoms with Crippen molar-refractivity contribution in [3.8, 4) is 0 Å². The predicted molar refractivity (Wildman–Crippen MR) is 77.8 cm³/mol. The van der Waals surface area contributed by atoms with Crippen molar-refractivity contribution in [3.05, 3.63) is 12.2 Å². The van der Waals surface area contributed by atoms with Gasteiger partial charge in [-0.05, 0) is 39.5 Å². The van der Waals surface area contributed by atoms with Crippen LogP contribution in [0.2, 0.25) is 0 Å². The molecular formula is C15H28N2O. The van der Waals surface area contributed by atoms with Crippen LogP contribution in [0, 0.1) is 0 Å². The largest absolute Gasteiger partial charge is 0.379 e. The number of aliphatic imine (C=N–C) groups is 1. The van der Waals surface area contributed by atoms with Crippen LogP contribution in [-0.4, -0.2) is 35.2 Å². The molecule has 104 valence electrons. The first kappa shape index (κ1) is 15.4. The molecule has 0 fully saturated rings. The third-order valence-electron chi connectivity index (χ3n) is 3.50. The van der Waals surface area contributed by atoms with E-state index < -0.39 is 0 Å². The monoisotopic (exact) mass is 252 g/mol. The van der Waals surface area contributed by atoms with Crippen molar-refractivity contribution in [1.29, 1.82) is 0 Å². The number of nitrogens with zero attached hydrogens (tertiary/aromatic N) is 2. The summed E-state index contributed by atoms with van der Waals surface area (Å²) in [6, 6.07) is 0. The van der Waals surface area contributed by atoms with Crippen molar-refractivity contribution < 1.29 is 5.11 Å². The third-order valence-corrected chi connectivity index (χ3v) is 3.50. The fourth-order valence-corrected chi connectivity index (χ4v) is 2.40. The van der Waals surface area contributed by atoms with Gasteiger partial charge in [-0.2, -0.15) is 0 Å². The smallest absolute Gasteiger partial charge is 0.106 e. The summed E-state index contributed by atoms with van der Waals surface area (Å²) in [7, 11) is 0. The minimum Gasteiger partial charge on any atom is -0.379 e. The molecule has 1 heterocycles. The molecule has 0 amide bonds. The van der Waals surface area contributed by atoms with E-state index in [1.54, 1.807) is 0 Å². The molecule has 3 heteroatoms. The van der Waals surface area contributed by atoms with E-state index in [9.17, 15) is 5.11 Å².